The summed E-state index contributed by atoms with van der Waals surface area (Å²) in [6, 6.07) is -2.42. The van der Waals surface area contributed by atoms with Crippen molar-refractivity contribution in [3.05, 3.63) is 0 Å². The summed E-state index contributed by atoms with van der Waals surface area (Å²) < 4.78 is 5.35. The average molecular weight is 875 g/mol. The molecule has 0 aromatic heterocycles. The molecule has 55 heavy (non-hydrogen) atoms. The first kappa shape index (κ1) is 49.8. The highest BCUT2D eigenvalue weighted by Crippen LogP contribution is 2.52. The summed E-state index contributed by atoms with van der Waals surface area (Å²) in [6.07, 6.45) is 0.563. The minimum atomic E-state index is -1.34. The normalized spacial score (nSPS) is 23.5. The van der Waals surface area contributed by atoms with Gasteiger partial charge in [0.1, 0.15) is 17.7 Å². The molecular weight excluding hydrogens is 810 g/mol. The molecule has 5 amide bonds. The van der Waals surface area contributed by atoms with Crippen molar-refractivity contribution in [2.24, 2.45) is 5.84 Å². The lowest BCUT2D eigenvalue weighted by molar-refractivity contribution is -0.134. The van der Waals surface area contributed by atoms with E-state index in [0.29, 0.717) is 58.3 Å². The molecule has 4 unspecified atom stereocenters. The van der Waals surface area contributed by atoms with Gasteiger partial charge in [-0.2, -0.15) is 0 Å². The monoisotopic (exact) mass is 873 g/mol. The molecule has 6 atom stereocenters. The van der Waals surface area contributed by atoms with Crippen LogP contribution in [0.5, 0.6) is 0 Å². The van der Waals surface area contributed by atoms with Crippen LogP contribution in [0.2, 0.25) is 0 Å². The number of rotatable bonds is 14. The van der Waals surface area contributed by atoms with Crippen molar-refractivity contribution in [2.75, 3.05) is 49.2 Å². The van der Waals surface area contributed by atoms with Gasteiger partial charge in [0, 0.05) is 55.6 Å². The summed E-state index contributed by atoms with van der Waals surface area (Å²) in [5.74, 6) is 8.68. The highest BCUT2D eigenvalue weighted by atomic mass is 35.5. The Morgan fingerprint density at radius 2 is 1.15 bits per heavy atom. The minimum Gasteiger partial charge on any atom is -0.444 e. The van der Waals surface area contributed by atoms with Gasteiger partial charge in [0.05, 0.1) is 20.2 Å². The Hall–Kier alpha value is -1.32. The number of ether oxygens (including phenoxy) is 1. The molecule has 4 rings (SSSR count). The lowest BCUT2D eigenvalue weighted by Crippen LogP contribution is -2.55. The molecule has 4 heterocycles. The van der Waals surface area contributed by atoms with Gasteiger partial charge in [0.2, 0.25) is 11.8 Å². The van der Waals surface area contributed by atoms with Gasteiger partial charge in [-0.1, -0.05) is 26.7 Å². The van der Waals surface area contributed by atoms with Crippen molar-refractivity contribution in [1.29, 1.82) is 0 Å². The summed E-state index contributed by atoms with van der Waals surface area (Å²) in [5, 5.41) is 33.1. The molecule has 4 saturated heterocycles. The van der Waals surface area contributed by atoms with Crippen LogP contribution in [0.4, 0.5) is 4.79 Å². The second-order valence-electron chi connectivity index (χ2n) is 14.9. The number of hydrogen-bond acceptors (Lipinski definition) is 14. The Bertz CT molecular complexity index is 1290. The van der Waals surface area contributed by atoms with Crippen molar-refractivity contribution < 1.29 is 38.9 Å². The number of nitrogens with one attached hydrogen (secondary N) is 4. The fourth-order valence-corrected chi connectivity index (χ4v) is 13.4. The van der Waals surface area contributed by atoms with E-state index in [1.165, 1.54) is 4.90 Å². The number of hydrogen-bond donors (Lipinski definition) is 7. The number of carbonyl (C=O) groups excluding carboxylic acids is 5. The van der Waals surface area contributed by atoms with Crippen LogP contribution in [0, 0.1) is 0 Å². The molecule has 4 aliphatic heterocycles. The molecule has 2 spiro atoms. The van der Waals surface area contributed by atoms with Gasteiger partial charge in [-0.15, -0.1) is 59.5 Å². The number of aliphatic hydroxyl groups is 2. The second-order valence-corrected chi connectivity index (χ2v) is 21.4. The predicted molar refractivity (Wildman–Crippen MR) is 226 cm³/mol. The van der Waals surface area contributed by atoms with E-state index in [1.807, 2.05) is 37.4 Å². The van der Waals surface area contributed by atoms with Crippen molar-refractivity contribution in [2.45, 2.75) is 137 Å². The molecule has 0 radical (unpaired) electrons. The lowest BCUT2D eigenvalue weighted by atomic mass is 10.0. The maximum atomic E-state index is 13.2. The standard InChI is InChI=1S/C20H35N3O5S2.C15H28N4O3S2.ClH/c1-6-8-13(15(24)17(26)21-7-2)22-16(25)14-11-20(29-9-10-30-20)12-23(14)18(27)28-19(3,4)5;1-3-5-10(12(20)14(22)17-4-2)18-13(21)11-8-15(9-19(11)16)23-6-7-24-15;/h13-15,24H,6-12H2,1-5H3,(H,21,26)(H,22,25);10-12,20H,3-9,16H2,1-2H3,(H,17,22)(H,18,21);1H/t13?,14-,15?;10?,11-,12?;/m00./s1. The molecule has 20 heteroatoms. The Morgan fingerprint density at radius 3 is 1.55 bits per heavy atom. The zero-order valence-electron chi connectivity index (χ0n) is 33.2. The molecule has 0 aromatic rings. The second kappa shape index (κ2) is 22.7. The molecule has 0 saturated carbocycles. The third-order valence-corrected chi connectivity index (χ3v) is 16.2. The summed E-state index contributed by atoms with van der Waals surface area (Å²) >= 11 is 7.30. The van der Waals surface area contributed by atoms with Crippen LogP contribution < -0.4 is 27.1 Å². The van der Waals surface area contributed by atoms with Gasteiger partial charge in [-0.05, 0) is 53.9 Å². The van der Waals surface area contributed by atoms with Crippen LogP contribution in [0.1, 0.15) is 87.0 Å². The highest BCUT2D eigenvalue weighted by molar-refractivity contribution is 8.21. The van der Waals surface area contributed by atoms with Crippen LogP contribution in [0.15, 0.2) is 0 Å². The Labute approximate surface area is 349 Å². The Morgan fingerprint density at radius 1 is 0.745 bits per heavy atom. The van der Waals surface area contributed by atoms with E-state index in [9.17, 15) is 34.2 Å². The molecular formula is C35H64ClN7O8S4. The molecule has 8 N–H and O–H groups in total. The fraction of sp³-hybridized carbons (Fsp3) is 0.857. The molecule has 0 bridgehead atoms. The molecule has 15 nitrogen and oxygen atoms in total. The van der Waals surface area contributed by atoms with Crippen LogP contribution in [0.25, 0.3) is 0 Å². The van der Waals surface area contributed by atoms with Crippen LogP contribution >= 0.6 is 59.5 Å². The molecule has 4 fully saturated rings. The third-order valence-electron chi connectivity index (χ3n) is 9.34. The topological polar surface area (TPSA) is 216 Å². The first-order valence-corrected chi connectivity index (χ1v) is 23.0. The summed E-state index contributed by atoms with van der Waals surface area (Å²) in [4.78, 5) is 64.2. The summed E-state index contributed by atoms with van der Waals surface area (Å²) in [5.41, 5.74) is -0.664. The first-order chi connectivity index (χ1) is 25.4. The van der Waals surface area contributed by atoms with Crippen molar-refractivity contribution in [3.8, 4) is 0 Å². The fourth-order valence-electron chi connectivity index (χ4n) is 6.83. The first-order valence-electron chi connectivity index (χ1n) is 19.0. The van der Waals surface area contributed by atoms with Gasteiger partial charge in [-0.25, -0.2) is 9.80 Å². The number of aliphatic hydroxyl groups excluding tert-OH is 2. The van der Waals surface area contributed by atoms with Crippen molar-refractivity contribution in [3.63, 3.8) is 0 Å². The van der Waals surface area contributed by atoms with E-state index >= 15 is 0 Å². The quantitative estimate of drug-likeness (QED) is 0.125. The van der Waals surface area contributed by atoms with Crippen LogP contribution in [-0.2, 0) is 23.9 Å². The van der Waals surface area contributed by atoms with E-state index in [0.717, 1.165) is 29.4 Å². The van der Waals surface area contributed by atoms with Gasteiger partial charge < -0.3 is 36.2 Å². The van der Waals surface area contributed by atoms with E-state index in [1.54, 1.807) is 63.2 Å². The zero-order valence-corrected chi connectivity index (χ0v) is 37.3. The minimum absolute atomic E-state index is 0. The Balaban J connectivity index is 0.000000382. The lowest BCUT2D eigenvalue weighted by Gasteiger charge is -2.30. The third kappa shape index (κ3) is 14.2. The van der Waals surface area contributed by atoms with Crippen molar-refractivity contribution >= 4 is 89.2 Å². The maximum Gasteiger partial charge on any atom is 0.411 e. The van der Waals surface area contributed by atoms with Crippen molar-refractivity contribution in [1.82, 2.24) is 31.2 Å². The smallest absolute Gasteiger partial charge is 0.411 e. The molecule has 0 aromatic carbocycles. The predicted octanol–water partition coefficient (Wildman–Crippen LogP) is 2.27. The number of halogens is 1. The number of likely N-dealkylation sites (tertiary alicyclic amines) is 1. The largest absolute Gasteiger partial charge is 0.444 e. The van der Waals surface area contributed by atoms with E-state index < -0.39 is 59.9 Å². The van der Waals surface area contributed by atoms with Crippen LogP contribution in [-0.4, -0.2) is 149 Å². The number of nitrogens with zero attached hydrogens (tertiary/aromatic N) is 2. The van der Waals surface area contributed by atoms with E-state index in [4.69, 9.17) is 10.6 Å². The molecule has 4 aliphatic rings. The molecule has 0 aliphatic carbocycles. The number of thioether (sulfide) groups is 4. The van der Waals surface area contributed by atoms with Gasteiger partial charge in [-0.3, -0.25) is 29.9 Å². The summed E-state index contributed by atoms with van der Waals surface area (Å²) in [7, 11) is 0. The highest BCUT2D eigenvalue weighted by Gasteiger charge is 2.53. The summed E-state index contributed by atoms with van der Waals surface area (Å²) in [6.45, 7) is 14.8. The zero-order chi connectivity index (χ0) is 40.3. The van der Waals surface area contributed by atoms with E-state index in [-0.39, 0.29) is 32.4 Å². The van der Waals surface area contributed by atoms with Gasteiger partial charge >= 0.3 is 6.09 Å². The van der Waals surface area contributed by atoms with Gasteiger partial charge in [0.25, 0.3) is 11.8 Å². The maximum absolute atomic E-state index is 13.2. The van der Waals surface area contributed by atoms with Gasteiger partial charge in [0.15, 0.2) is 12.2 Å². The number of likely N-dealkylation sites (N-methyl/N-ethyl adjacent to an activating group) is 2. The van der Waals surface area contributed by atoms with Crippen LogP contribution in [0.3, 0.4) is 0 Å². The van der Waals surface area contributed by atoms with E-state index in [2.05, 4.69) is 21.3 Å². The number of nitrogens with two attached hydrogens (primary N) is 1. The Kier molecular flexibility index (Phi) is 20.6. The number of amides is 5. The SMILES string of the molecule is CCCC(NC(=O)[C@@H]1CC2(CN1C(=O)OC(C)(C)C)SCCS2)C(O)C(=O)NCC.CCCC(NC(=O)[C@@H]1CC2(CN1N)SCCS2)C(O)C(=O)NCC.Cl. The average Bonchev–Trinajstić information content (AvgIpc) is 3.91. The number of carbonyl (C=O) groups is 5. The molecule has 318 valence electrons. The number of hydrazine groups is 1.